The summed E-state index contributed by atoms with van der Waals surface area (Å²) in [6, 6.07) is 0. The summed E-state index contributed by atoms with van der Waals surface area (Å²) in [5.74, 6) is -0.168. The Labute approximate surface area is 118 Å². The van der Waals surface area contributed by atoms with Crippen LogP contribution in [-0.2, 0) is 19.1 Å². The average Bonchev–Trinajstić information content (AvgIpc) is 2.74. The van der Waals surface area contributed by atoms with Gasteiger partial charge in [0.1, 0.15) is 5.78 Å². The van der Waals surface area contributed by atoms with Gasteiger partial charge in [-0.2, -0.15) is 0 Å². The highest BCUT2D eigenvalue weighted by atomic mass is 16.5. The predicted molar refractivity (Wildman–Crippen MR) is 70.8 cm³/mol. The first kappa shape index (κ1) is 13.6. The summed E-state index contributed by atoms with van der Waals surface area (Å²) in [6.07, 6.45) is 5.05. The highest BCUT2D eigenvalue weighted by Crippen LogP contribution is 2.53. The average molecular weight is 279 g/mol. The lowest BCUT2D eigenvalue weighted by Gasteiger charge is -2.52. The number of carbonyl (C=O) groups excluding carboxylic acids is 3. The van der Waals surface area contributed by atoms with Crippen LogP contribution in [0.1, 0.15) is 44.9 Å². The van der Waals surface area contributed by atoms with Crippen molar-refractivity contribution in [1.82, 2.24) is 4.90 Å². The van der Waals surface area contributed by atoms with Gasteiger partial charge < -0.3 is 9.64 Å². The van der Waals surface area contributed by atoms with Crippen molar-refractivity contribution in [2.45, 2.75) is 50.5 Å². The third-order valence-electron chi connectivity index (χ3n) is 5.48. The first-order valence-corrected chi connectivity index (χ1v) is 7.49. The van der Waals surface area contributed by atoms with E-state index in [1.807, 2.05) is 4.90 Å². The summed E-state index contributed by atoms with van der Waals surface area (Å²) < 4.78 is 4.76. The lowest BCUT2D eigenvalue weighted by molar-refractivity contribution is -0.155. The van der Waals surface area contributed by atoms with Crippen molar-refractivity contribution < 1.29 is 19.1 Å². The van der Waals surface area contributed by atoms with Crippen molar-refractivity contribution in [2.24, 2.45) is 11.8 Å². The van der Waals surface area contributed by atoms with Gasteiger partial charge in [0, 0.05) is 19.4 Å². The summed E-state index contributed by atoms with van der Waals surface area (Å²) in [6.45, 7) is 0.534. The lowest BCUT2D eigenvalue weighted by atomic mass is 9.62. The van der Waals surface area contributed by atoms with Gasteiger partial charge in [-0.05, 0) is 18.8 Å². The Morgan fingerprint density at radius 3 is 2.95 bits per heavy atom. The van der Waals surface area contributed by atoms with Gasteiger partial charge in [-0.3, -0.25) is 14.4 Å². The number of ketones is 1. The number of ether oxygens (including phenoxy) is 1. The number of methoxy groups -OCH3 is 1. The molecule has 2 heterocycles. The van der Waals surface area contributed by atoms with Crippen LogP contribution in [0.15, 0.2) is 0 Å². The molecule has 3 rings (SSSR count). The van der Waals surface area contributed by atoms with Crippen LogP contribution in [0.25, 0.3) is 0 Å². The van der Waals surface area contributed by atoms with E-state index in [0.29, 0.717) is 19.4 Å². The van der Waals surface area contributed by atoms with Crippen LogP contribution in [0.5, 0.6) is 0 Å². The Kier molecular flexibility index (Phi) is 3.30. The summed E-state index contributed by atoms with van der Waals surface area (Å²) in [7, 11) is 1.35. The normalized spacial score (nSPS) is 36.5. The van der Waals surface area contributed by atoms with E-state index in [-0.39, 0.29) is 35.9 Å². The number of Topliss-reactive ketones (excluding diaryl/α,β-unsaturated/α-hetero) is 1. The summed E-state index contributed by atoms with van der Waals surface area (Å²) in [4.78, 5) is 38.3. The van der Waals surface area contributed by atoms with Crippen molar-refractivity contribution in [1.29, 1.82) is 0 Å². The largest absolute Gasteiger partial charge is 0.469 e. The van der Waals surface area contributed by atoms with E-state index >= 15 is 0 Å². The van der Waals surface area contributed by atoms with E-state index in [0.717, 1.165) is 25.7 Å². The van der Waals surface area contributed by atoms with E-state index in [1.54, 1.807) is 0 Å². The molecule has 3 atom stereocenters. The summed E-state index contributed by atoms with van der Waals surface area (Å²) >= 11 is 0. The number of amides is 1. The standard InChI is InChI=1S/C15H21NO4/c1-20-14(19)9-11-12(17)5-7-16-13(18)8-10-4-2-3-6-15(10,11)16/h10-11H,2-9H2,1H3/t10-,11+,15-/m0/s1. The second kappa shape index (κ2) is 4.86. The molecule has 110 valence electrons. The number of hydrogen-bond donors (Lipinski definition) is 0. The third kappa shape index (κ3) is 1.79. The smallest absolute Gasteiger partial charge is 0.306 e. The minimum atomic E-state index is -0.390. The van der Waals surface area contributed by atoms with Crippen LogP contribution >= 0.6 is 0 Å². The van der Waals surface area contributed by atoms with Gasteiger partial charge in [0.05, 0.1) is 25.0 Å². The Hall–Kier alpha value is -1.39. The van der Waals surface area contributed by atoms with E-state index in [4.69, 9.17) is 4.74 Å². The number of carbonyl (C=O) groups is 3. The zero-order valence-electron chi connectivity index (χ0n) is 11.9. The molecule has 1 spiro atoms. The molecule has 3 fully saturated rings. The molecule has 0 aromatic rings. The van der Waals surface area contributed by atoms with E-state index in [9.17, 15) is 14.4 Å². The molecule has 1 aliphatic carbocycles. The fraction of sp³-hybridized carbons (Fsp3) is 0.800. The molecule has 2 saturated heterocycles. The molecule has 3 aliphatic rings. The number of rotatable bonds is 2. The van der Waals surface area contributed by atoms with Crippen molar-refractivity contribution in [2.75, 3.05) is 13.7 Å². The minimum Gasteiger partial charge on any atom is -0.469 e. The van der Waals surface area contributed by atoms with Crippen LogP contribution in [-0.4, -0.2) is 41.8 Å². The zero-order chi connectivity index (χ0) is 14.3. The number of hydrogen-bond acceptors (Lipinski definition) is 4. The monoisotopic (exact) mass is 279 g/mol. The SMILES string of the molecule is COC(=O)C[C@@H]1C(=O)CCN2C(=O)C[C@@H]3CCCC[C@]312. The van der Waals surface area contributed by atoms with E-state index in [2.05, 4.69) is 0 Å². The van der Waals surface area contributed by atoms with Gasteiger partial charge in [0.2, 0.25) is 5.91 Å². The topological polar surface area (TPSA) is 63.7 Å². The first-order valence-electron chi connectivity index (χ1n) is 7.49. The Balaban J connectivity index is 1.98. The molecule has 20 heavy (non-hydrogen) atoms. The quantitative estimate of drug-likeness (QED) is 0.715. The lowest BCUT2D eigenvalue weighted by Crippen LogP contribution is -2.62. The minimum absolute atomic E-state index is 0.121. The molecule has 2 aliphatic heterocycles. The van der Waals surface area contributed by atoms with Gasteiger partial charge in [0.25, 0.3) is 0 Å². The van der Waals surface area contributed by atoms with Crippen molar-refractivity contribution in [3.8, 4) is 0 Å². The third-order valence-corrected chi connectivity index (χ3v) is 5.48. The van der Waals surface area contributed by atoms with E-state index < -0.39 is 5.54 Å². The molecule has 5 nitrogen and oxygen atoms in total. The molecule has 5 heteroatoms. The first-order chi connectivity index (χ1) is 9.59. The highest BCUT2D eigenvalue weighted by Gasteiger charge is 2.61. The second-order valence-electron chi connectivity index (χ2n) is 6.23. The fourth-order valence-corrected chi connectivity index (χ4v) is 4.64. The van der Waals surface area contributed by atoms with Gasteiger partial charge in [-0.15, -0.1) is 0 Å². The molecule has 0 unspecified atom stereocenters. The zero-order valence-corrected chi connectivity index (χ0v) is 11.9. The van der Waals surface area contributed by atoms with Crippen molar-refractivity contribution >= 4 is 17.7 Å². The molecule has 0 aromatic heterocycles. The molecular formula is C15H21NO4. The van der Waals surface area contributed by atoms with Gasteiger partial charge in [0.15, 0.2) is 0 Å². The molecular weight excluding hydrogens is 258 g/mol. The maximum absolute atomic E-state index is 12.4. The van der Waals surface area contributed by atoms with Crippen LogP contribution in [0.4, 0.5) is 0 Å². The molecule has 0 radical (unpaired) electrons. The number of nitrogens with zero attached hydrogens (tertiary/aromatic N) is 1. The highest BCUT2D eigenvalue weighted by molar-refractivity contribution is 5.92. The molecule has 0 aromatic carbocycles. The molecule has 1 amide bonds. The van der Waals surface area contributed by atoms with Gasteiger partial charge in [-0.25, -0.2) is 0 Å². The van der Waals surface area contributed by atoms with Gasteiger partial charge >= 0.3 is 5.97 Å². The Morgan fingerprint density at radius 2 is 2.20 bits per heavy atom. The Morgan fingerprint density at radius 1 is 1.40 bits per heavy atom. The summed E-state index contributed by atoms with van der Waals surface area (Å²) in [5.41, 5.74) is -0.390. The van der Waals surface area contributed by atoms with Crippen molar-refractivity contribution in [3.63, 3.8) is 0 Å². The van der Waals surface area contributed by atoms with Crippen LogP contribution in [0, 0.1) is 11.8 Å². The van der Waals surface area contributed by atoms with Crippen molar-refractivity contribution in [3.05, 3.63) is 0 Å². The van der Waals surface area contributed by atoms with Crippen LogP contribution in [0.2, 0.25) is 0 Å². The maximum atomic E-state index is 12.4. The molecule has 0 bridgehead atoms. The Bertz CT molecular complexity index is 461. The number of esters is 1. The molecule has 0 N–H and O–H groups in total. The van der Waals surface area contributed by atoms with Crippen LogP contribution < -0.4 is 0 Å². The van der Waals surface area contributed by atoms with Crippen LogP contribution in [0.3, 0.4) is 0 Å². The maximum Gasteiger partial charge on any atom is 0.306 e. The van der Waals surface area contributed by atoms with Gasteiger partial charge in [-0.1, -0.05) is 12.8 Å². The predicted octanol–water partition coefficient (Wildman–Crippen LogP) is 1.30. The second-order valence-corrected chi connectivity index (χ2v) is 6.23. The molecule has 1 saturated carbocycles. The van der Waals surface area contributed by atoms with E-state index in [1.165, 1.54) is 7.11 Å². The summed E-state index contributed by atoms with van der Waals surface area (Å²) in [5, 5.41) is 0. The fourth-order valence-electron chi connectivity index (χ4n) is 4.64. The number of piperidine rings is 1.